The lowest BCUT2D eigenvalue weighted by Gasteiger charge is -2.23. The van der Waals surface area contributed by atoms with Gasteiger partial charge in [0.15, 0.2) is 0 Å². The summed E-state index contributed by atoms with van der Waals surface area (Å²) in [6.07, 6.45) is 1.64. The zero-order valence-corrected chi connectivity index (χ0v) is 21.1. The topological polar surface area (TPSA) is 135 Å². The SMILES string of the molecule is CCCCOC[C@H](NC(=O)OC(C)(C)C)C(=O)NNC(=O)SCC(=O)NCCc1ccccc1. The summed E-state index contributed by atoms with van der Waals surface area (Å²) in [5.41, 5.74) is 4.82. The lowest BCUT2D eigenvalue weighted by molar-refractivity contribution is -0.125. The number of ether oxygens (including phenoxy) is 2. The summed E-state index contributed by atoms with van der Waals surface area (Å²) < 4.78 is 10.6. The highest BCUT2D eigenvalue weighted by molar-refractivity contribution is 8.14. The Morgan fingerprint density at radius 1 is 1.06 bits per heavy atom. The van der Waals surface area contributed by atoms with Crippen LogP contribution in [0.4, 0.5) is 9.59 Å². The van der Waals surface area contributed by atoms with Crippen molar-refractivity contribution in [3.8, 4) is 0 Å². The van der Waals surface area contributed by atoms with E-state index in [0.717, 1.165) is 18.4 Å². The summed E-state index contributed by atoms with van der Waals surface area (Å²) in [6, 6.07) is 8.64. The Bertz CT molecular complexity index is 785. The van der Waals surface area contributed by atoms with Crippen molar-refractivity contribution in [2.75, 3.05) is 25.5 Å². The first kappa shape index (κ1) is 29.2. The molecule has 34 heavy (non-hydrogen) atoms. The number of nitrogens with one attached hydrogen (secondary N) is 4. The van der Waals surface area contributed by atoms with E-state index in [9.17, 15) is 19.2 Å². The standard InChI is InChI=1S/C23H36N4O6S/c1-5-6-14-32-15-18(25-21(30)33-23(2,3)4)20(29)26-27-22(31)34-16-19(28)24-13-12-17-10-8-7-9-11-17/h7-11,18H,5-6,12-16H2,1-4H3,(H,24,28)(H,25,30)(H,26,29)(H,27,31)/t18-/m0/s1. The molecule has 1 atom stereocenters. The number of benzene rings is 1. The van der Waals surface area contributed by atoms with E-state index in [0.29, 0.717) is 31.3 Å². The number of carbonyl (C=O) groups excluding carboxylic acids is 4. The van der Waals surface area contributed by atoms with Gasteiger partial charge in [-0.1, -0.05) is 55.4 Å². The highest BCUT2D eigenvalue weighted by Gasteiger charge is 2.25. The fourth-order valence-corrected chi connectivity index (χ4v) is 2.98. The second-order valence-corrected chi connectivity index (χ2v) is 9.35. The molecule has 1 aromatic rings. The van der Waals surface area contributed by atoms with Crippen molar-refractivity contribution in [1.82, 2.24) is 21.5 Å². The predicted molar refractivity (Wildman–Crippen MR) is 131 cm³/mol. The monoisotopic (exact) mass is 496 g/mol. The van der Waals surface area contributed by atoms with Gasteiger partial charge in [-0.3, -0.25) is 25.2 Å². The minimum atomic E-state index is -1.07. The van der Waals surface area contributed by atoms with Crippen LogP contribution in [0.5, 0.6) is 0 Å². The van der Waals surface area contributed by atoms with Crippen molar-refractivity contribution in [2.24, 2.45) is 0 Å². The molecule has 1 rings (SSSR count). The van der Waals surface area contributed by atoms with Crippen LogP contribution in [0.15, 0.2) is 30.3 Å². The largest absolute Gasteiger partial charge is 0.444 e. The molecule has 11 heteroatoms. The number of thioether (sulfide) groups is 1. The highest BCUT2D eigenvalue weighted by Crippen LogP contribution is 2.07. The Morgan fingerprint density at radius 3 is 2.41 bits per heavy atom. The normalized spacial score (nSPS) is 11.8. The van der Waals surface area contributed by atoms with Crippen molar-refractivity contribution in [3.05, 3.63) is 35.9 Å². The van der Waals surface area contributed by atoms with E-state index in [1.807, 2.05) is 37.3 Å². The van der Waals surface area contributed by atoms with E-state index in [-0.39, 0.29) is 18.3 Å². The average molecular weight is 497 g/mol. The quantitative estimate of drug-likeness (QED) is 0.258. The van der Waals surface area contributed by atoms with Crippen molar-refractivity contribution in [2.45, 2.75) is 58.6 Å². The van der Waals surface area contributed by atoms with Gasteiger partial charge in [0.25, 0.3) is 11.1 Å². The summed E-state index contributed by atoms with van der Waals surface area (Å²) in [6.45, 7) is 7.91. The van der Waals surface area contributed by atoms with Gasteiger partial charge >= 0.3 is 6.09 Å². The average Bonchev–Trinajstić information content (AvgIpc) is 2.77. The molecule has 0 heterocycles. The summed E-state index contributed by atoms with van der Waals surface area (Å²) in [5.74, 6) is -1.07. The van der Waals surface area contributed by atoms with Gasteiger partial charge in [-0.2, -0.15) is 0 Å². The maximum Gasteiger partial charge on any atom is 0.408 e. The Hall–Kier alpha value is -2.79. The number of rotatable bonds is 12. The number of alkyl carbamates (subject to hydrolysis) is 1. The van der Waals surface area contributed by atoms with E-state index >= 15 is 0 Å². The Balaban J connectivity index is 2.39. The molecule has 0 spiro atoms. The molecule has 0 radical (unpaired) electrons. The van der Waals surface area contributed by atoms with Crippen LogP contribution in [0.25, 0.3) is 0 Å². The van der Waals surface area contributed by atoms with Gasteiger partial charge in [0.05, 0.1) is 12.4 Å². The van der Waals surface area contributed by atoms with Crippen LogP contribution >= 0.6 is 11.8 Å². The van der Waals surface area contributed by atoms with Crippen molar-refractivity contribution in [1.29, 1.82) is 0 Å². The molecule has 0 aliphatic heterocycles. The van der Waals surface area contributed by atoms with Crippen molar-refractivity contribution in [3.63, 3.8) is 0 Å². The van der Waals surface area contributed by atoms with Gasteiger partial charge in [-0.05, 0) is 39.2 Å². The molecule has 1 aromatic carbocycles. The van der Waals surface area contributed by atoms with Gasteiger partial charge in [-0.25, -0.2) is 4.79 Å². The maximum absolute atomic E-state index is 12.5. The first-order valence-electron chi connectivity index (χ1n) is 11.2. The molecule has 0 saturated carbocycles. The molecule has 4 N–H and O–H groups in total. The molecule has 0 aliphatic rings. The van der Waals surface area contributed by atoms with Crippen LogP contribution in [-0.4, -0.2) is 60.3 Å². The van der Waals surface area contributed by atoms with E-state index in [1.54, 1.807) is 20.8 Å². The molecule has 0 bridgehead atoms. The van der Waals surface area contributed by atoms with Crippen LogP contribution in [0.1, 0.15) is 46.1 Å². The van der Waals surface area contributed by atoms with E-state index in [1.165, 1.54) is 0 Å². The van der Waals surface area contributed by atoms with Crippen LogP contribution in [-0.2, 0) is 25.5 Å². The zero-order chi connectivity index (χ0) is 25.4. The Labute approximate surface area is 205 Å². The fraction of sp³-hybridized carbons (Fsp3) is 0.565. The summed E-state index contributed by atoms with van der Waals surface area (Å²) in [4.78, 5) is 48.4. The van der Waals surface area contributed by atoms with Gasteiger partial charge < -0.3 is 20.1 Å². The van der Waals surface area contributed by atoms with Crippen LogP contribution in [0.2, 0.25) is 0 Å². The van der Waals surface area contributed by atoms with Crippen LogP contribution in [0, 0.1) is 0 Å². The second kappa shape index (κ2) is 15.9. The number of hydrazine groups is 1. The molecule has 0 aromatic heterocycles. The third-order valence-electron chi connectivity index (χ3n) is 4.13. The third-order valence-corrected chi connectivity index (χ3v) is 4.91. The zero-order valence-electron chi connectivity index (χ0n) is 20.3. The highest BCUT2D eigenvalue weighted by atomic mass is 32.2. The molecular formula is C23H36N4O6S. The van der Waals surface area contributed by atoms with Crippen LogP contribution in [0.3, 0.4) is 0 Å². The van der Waals surface area contributed by atoms with Crippen molar-refractivity contribution < 1.29 is 28.7 Å². The summed E-state index contributed by atoms with van der Waals surface area (Å²) >= 11 is 0.711. The van der Waals surface area contributed by atoms with E-state index in [4.69, 9.17) is 9.47 Å². The molecular weight excluding hydrogens is 460 g/mol. The first-order valence-corrected chi connectivity index (χ1v) is 12.2. The number of hydrogen-bond acceptors (Lipinski definition) is 7. The fourth-order valence-electron chi connectivity index (χ4n) is 2.49. The third kappa shape index (κ3) is 14.4. The predicted octanol–water partition coefficient (Wildman–Crippen LogP) is 2.53. The lowest BCUT2D eigenvalue weighted by Crippen LogP contribution is -2.54. The minimum Gasteiger partial charge on any atom is -0.444 e. The molecule has 0 unspecified atom stereocenters. The molecule has 0 saturated heterocycles. The van der Waals surface area contributed by atoms with Gasteiger partial charge in [-0.15, -0.1) is 0 Å². The van der Waals surface area contributed by atoms with E-state index < -0.39 is 28.9 Å². The van der Waals surface area contributed by atoms with Crippen LogP contribution < -0.4 is 21.5 Å². The lowest BCUT2D eigenvalue weighted by atomic mass is 10.1. The second-order valence-electron chi connectivity index (χ2n) is 8.40. The number of carbonyl (C=O) groups is 4. The maximum atomic E-state index is 12.5. The first-order chi connectivity index (χ1) is 16.1. The number of hydrogen-bond donors (Lipinski definition) is 4. The molecule has 10 nitrogen and oxygen atoms in total. The number of unbranched alkanes of at least 4 members (excludes halogenated alkanes) is 1. The van der Waals surface area contributed by atoms with Gasteiger partial charge in [0, 0.05) is 13.2 Å². The van der Waals surface area contributed by atoms with E-state index in [2.05, 4.69) is 21.5 Å². The Kier molecular flexibility index (Phi) is 13.7. The molecule has 0 aliphatic carbocycles. The number of amides is 4. The minimum absolute atomic E-state index is 0.0854. The van der Waals surface area contributed by atoms with Gasteiger partial charge in [0.1, 0.15) is 11.6 Å². The van der Waals surface area contributed by atoms with Crippen molar-refractivity contribution >= 4 is 34.9 Å². The Morgan fingerprint density at radius 2 is 1.76 bits per heavy atom. The summed E-state index contributed by atoms with van der Waals surface area (Å²) in [5, 5.41) is 4.56. The molecule has 4 amide bonds. The summed E-state index contributed by atoms with van der Waals surface area (Å²) in [7, 11) is 0. The molecule has 190 valence electrons. The molecule has 0 fully saturated rings. The smallest absolute Gasteiger partial charge is 0.408 e. The van der Waals surface area contributed by atoms with Gasteiger partial charge in [0.2, 0.25) is 5.91 Å².